The highest BCUT2D eigenvalue weighted by molar-refractivity contribution is 5.00. The second-order valence-corrected chi connectivity index (χ2v) is 4.38. The van der Waals surface area contributed by atoms with Crippen LogP contribution in [0.25, 0.3) is 0 Å². The second kappa shape index (κ2) is 5.14. The van der Waals surface area contributed by atoms with Gasteiger partial charge in [0.1, 0.15) is 5.76 Å². The Bertz CT molecular complexity index is 448. The van der Waals surface area contributed by atoms with Crippen molar-refractivity contribution in [2.45, 2.75) is 32.7 Å². The fourth-order valence-corrected chi connectivity index (χ4v) is 1.47. The molecule has 1 unspecified atom stereocenters. The lowest BCUT2D eigenvalue weighted by Crippen LogP contribution is -2.16. The Morgan fingerprint density at radius 1 is 1.29 bits per heavy atom. The van der Waals surface area contributed by atoms with Gasteiger partial charge in [-0.25, -0.2) is 0 Å². The lowest BCUT2D eigenvalue weighted by Gasteiger charge is -2.09. The van der Waals surface area contributed by atoms with Gasteiger partial charge < -0.3 is 14.6 Å². The number of nitrogens with zero attached hydrogens (tertiary/aromatic N) is 2. The molecule has 2 heterocycles. The van der Waals surface area contributed by atoms with Gasteiger partial charge in [-0.3, -0.25) is 0 Å². The van der Waals surface area contributed by atoms with E-state index in [-0.39, 0.29) is 12.0 Å². The third kappa shape index (κ3) is 2.94. The van der Waals surface area contributed by atoms with E-state index in [9.17, 15) is 0 Å². The number of rotatable bonds is 5. The van der Waals surface area contributed by atoms with Crippen LogP contribution in [-0.4, -0.2) is 10.2 Å². The normalized spacial score (nSPS) is 13.2. The number of aromatic nitrogens is 2. The van der Waals surface area contributed by atoms with E-state index in [0.29, 0.717) is 18.2 Å². The first-order chi connectivity index (χ1) is 8.16. The van der Waals surface area contributed by atoms with Crippen LogP contribution in [0.5, 0.6) is 0 Å². The molecule has 0 aliphatic carbocycles. The van der Waals surface area contributed by atoms with Crippen molar-refractivity contribution in [1.29, 1.82) is 0 Å². The first kappa shape index (κ1) is 11.9. The molecule has 2 N–H and O–H groups in total. The average molecular weight is 235 g/mol. The summed E-state index contributed by atoms with van der Waals surface area (Å²) in [5.74, 6) is 2.31. The van der Waals surface area contributed by atoms with Gasteiger partial charge in [-0.1, -0.05) is 13.8 Å². The molecule has 1 atom stereocenters. The molecule has 0 radical (unpaired) electrons. The fraction of sp³-hybridized carbons (Fsp3) is 0.500. The first-order valence-electron chi connectivity index (χ1n) is 5.77. The Morgan fingerprint density at radius 2 is 2.12 bits per heavy atom. The second-order valence-electron chi connectivity index (χ2n) is 4.38. The van der Waals surface area contributed by atoms with Crippen molar-refractivity contribution in [3.8, 4) is 0 Å². The molecule has 0 saturated heterocycles. The van der Waals surface area contributed by atoms with Crippen LogP contribution in [0.2, 0.25) is 0 Å². The zero-order valence-electron chi connectivity index (χ0n) is 10.1. The minimum atomic E-state index is -0.195. The van der Waals surface area contributed by atoms with Gasteiger partial charge in [0.05, 0.1) is 12.3 Å². The van der Waals surface area contributed by atoms with E-state index in [1.165, 1.54) is 0 Å². The molecular formula is C12H17N3O2. The van der Waals surface area contributed by atoms with E-state index in [2.05, 4.69) is 10.2 Å². The molecule has 0 fully saturated rings. The van der Waals surface area contributed by atoms with Gasteiger partial charge in [-0.05, 0) is 18.1 Å². The van der Waals surface area contributed by atoms with Gasteiger partial charge in [0, 0.05) is 12.8 Å². The average Bonchev–Trinajstić information content (AvgIpc) is 2.96. The van der Waals surface area contributed by atoms with Crippen LogP contribution in [0, 0.1) is 5.92 Å². The van der Waals surface area contributed by atoms with E-state index in [1.807, 2.05) is 26.0 Å². The van der Waals surface area contributed by atoms with Crippen molar-refractivity contribution in [1.82, 2.24) is 10.2 Å². The summed E-state index contributed by atoms with van der Waals surface area (Å²) in [6, 6.07) is 3.60. The van der Waals surface area contributed by atoms with Crippen LogP contribution in [0.3, 0.4) is 0 Å². The SMILES string of the molecule is CC(C)C(N)c1nnc(CCc2ccco2)o1. The largest absolute Gasteiger partial charge is 0.469 e. The highest BCUT2D eigenvalue weighted by atomic mass is 16.4. The molecule has 17 heavy (non-hydrogen) atoms. The van der Waals surface area contributed by atoms with Crippen molar-refractivity contribution in [3.05, 3.63) is 35.9 Å². The Kier molecular flexibility index (Phi) is 3.58. The minimum Gasteiger partial charge on any atom is -0.469 e. The maximum absolute atomic E-state index is 5.93. The predicted octanol–water partition coefficient (Wildman–Crippen LogP) is 2.10. The molecule has 5 nitrogen and oxygen atoms in total. The molecule has 5 heteroatoms. The lowest BCUT2D eigenvalue weighted by molar-refractivity contribution is 0.368. The highest BCUT2D eigenvalue weighted by Gasteiger charge is 2.17. The maximum Gasteiger partial charge on any atom is 0.233 e. The topological polar surface area (TPSA) is 78.1 Å². The summed E-state index contributed by atoms with van der Waals surface area (Å²) in [6.45, 7) is 4.05. The standard InChI is InChI=1S/C12H17N3O2/c1-8(2)11(13)12-15-14-10(17-12)6-5-9-4-3-7-16-9/h3-4,7-8,11H,5-6,13H2,1-2H3. The van der Waals surface area contributed by atoms with Crippen LogP contribution >= 0.6 is 0 Å². The van der Waals surface area contributed by atoms with Crippen LogP contribution in [0.4, 0.5) is 0 Å². The summed E-state index contributed by atoms with van der Waals surface area (Å²) in [7, 11) is 0. The Morgan fingerprint density at radius 3 is 2.76 bits per heavy atom. The summed E-state index contributed by atoms with van der Waals surface area (Å²) in [4.78, 5) is 0. The van der Waals surface area contributed by atoms with Crippen molar-refractivity contribution in [3.63, 3.8) is 0 Å². The number of hydrogen-bond donors (Lipinski definition) is 1. The van der Waals surface area contributed by atoms with E-state index < -0.39 is 0 Å². The molecular weight excluding hydrogens is 218 g/mol. The number of nitrogens with two attached hydrogens (primary N) is 1. The van der Waals surface area contributed by atoms with Crippen LogP contribution in [0.1, 0.15) is 37.4 Å². The zero-order valence-corrected chi connectivity index (χ0v) is 10.1. The molecule has 2 aromatic heterocycles. The molecule has 0 spiro atoms. The van der Waals surface area contributed by atoms with Crippen LogP contribution in [-0.2, 0) is 12.8 Å². The highest BCUT2D eigenvalue weighted by Crippen LogP contribution is 2.17. The van der Waals surface area contributed by atoms with Gasteiger partial charge in [0.15, 0.2) is 0 Å². The number of furan rings is 1. The van der Waals surface area contributed by atoms with Gasteiger partial charge >= 0.3 is 0 Å². The lowest BCUT2D eigenvalue weighted by atomic mass is 10.1. The number of aryl methyl sites for hydroxylation is 2. The van der Waals surface area contributed by atoms with E-state index in [0.717, 1.165) is 12.2 Å². The Labute approximate surface area is 100 Å². The monoisotopic (exact) mass is 235 g/mol. The van der Waals surface area contributed by atoms with Gasteiger partial charge in [0.25, 0.3) is 0 Å². The first-order valence-corrected chi connectivity index (χ1v) is 5.77. The van der Waals surface area contributed by atoms with Gasteiger partial charge in [0.2, 0.25) is 11.8 Å². The zero-order chi connectivity index (χ0) is 12.3. The van der Waals surface area contributed by atoms with Crippen molar-refractivity contribution in [2.75, 3.05) is 0 Å². The summed E-state index contributed by atoms with van der Waals surface area (Å²) in [5, 5.41) is 7.95. The fourth-order valence-electron chi connectivity index (χ4n) is 1.47. The van der Waals surface area contributed by atoms with Crippen molar-refractivity contribution in [2.24, 2.45) is 11.7 Å². The van der Waals surface area contributed by atoms with Crippen molar-refractivity contribution < 1.29 is 8.83 Å². The minimum absolute atomic E-state index is 0.195. The molecule has 0 aliphatic heterocycles. The number of hydrogen-bond acceptors (Lipinski definition) is 5. The van der Waals surface area contributed by atoms with E-state index in [4.69, 9.17) is 14.6 Å². The molecule has 2 aromatic rings. The molecule has 0 bridgehead atoms. The van der Waals surface area contributed by atoms with Crippen LogP contribution in [0.15, 0.2) is 27.2 Å². The third-order valence-electron chi connectivity index (χ3n) is 2.65. The predicted molar refractivity (Wildman–Crippen MR) is 62.2 cm³/mol. The van der Waals surface area contributed by atoms with E-state index in [1.54, 1.807) is 6.26 Å². The van der Waals surface area contributed by atoms with Gasteiger partial charge in [-0.15, -0.1) is 10.2 Å². The van der Waals surface area contributed by atoms with Crippen molar-refractivity contribution >= 4 is 0 Å². The summed E-state index contributed by atoms with van der Waals surface area (Å²) in [6.07, 6.45) is 3.08. The summed E-state index contributed by atoms with van der Waals surface area (Å²) < 4.78 is 10.7. The molecule has 92 valence electrons. The molecule has 0 aliphatic rings. The third-order valence-corrected chi connectivity index (χ3v) is 2.65. The molecule has 0 saturated carbocycles. The van der Waals surface area contributed by atoms with Gasteiger partial charge in [-0.2, -0.15) is 0 Å². The van der Waals surface area contributed by atoms with Crippen LogP contribution < -0.4 is 5.73 Å². The molecule has 0 amide bonds. The Balaban J connectivity index is 1.94. The van der Waals surface area contributed by atoms with E-state index >= 15 is 0 Å². The maximum atomic E-state index is 5.93. The quantitative estimate of drug-likeness (QED) is 0.858. The smallest absolute Gasteiger partial charge is 0.233 e. The molecule has 2 rings (SSSR count). The summed E-state index contributed by atoms with van der Waals surface area (Å²) in [5.41, 5.74) is 5.93. The summed E-state index contributed by atoms with van der Waals surface area (Å²) >= 11 is 0. The molecule has 0 aromatic carbocycles. The Hall–Kier alpha value is -1.62.